The second-order valence-corrected chi connectivity index (χ2v) is 8.37. The maximum atomic E-state index is 5.51. The molecule has 2 aromatic carbocycles. The summed E-state index contributed by atoms with van der Waals surface area (Å²) >= 11 is 5.51. The zero-order chi connectivity index (χ0) is 19.4. The summed E-state index contributed by atoms with van der Waals surface area (Å²) in [6, 6.07) is 15.4. The SMILES string of the molecule is Cc1cc(C)cc(NC(=S)N[C@H](C)c2ccc(N3CCC(C)CC3)cc2)c1. The Bertz CT molecular complexity index is 756. The Morgan fingerprint density at radius 1 is 1.04 bits per heavy atom. The molecule has 1 aliphatic rings. The molecule has 0 radical (unpaired) electrons. The highest BCUT2D eigenvalue weighted by Gasteiger charge is 2.16. The lowest BCUT2D eigenvalue weighted by Crippen LogP contribution is -2.33. The van der Waals surface area contributed by atoms with Crippen LogP contribution in [-0.2, 0) is 0 Å². The zero-order valence-electron chi connectivity index (χ0n) is 16.9. The van der Waals surface area contributed by atoms with Crippen molar-refractivity contribution in [1.29, 1.82) is 0 Å². The molecule has 1 heterocycles. The van der Waals surface area contributed by atoms with Gasteiger partial charge in [-0.05, 0) is 92.7 Å². The molecular formula is C23H31N3S. The highest BCUT2D eigenvalue weighted by Crippen LogP contribution is 2.24. The van der Waals surface area contributed by atoms with Crippen LogP contribution in [0, 0.1) is 19.8 Å². The Morgan fingerprint density at radius 2 is 1.63 bits per heavy atom. The van der Waals surface area contributed by atoms with Crippen LogP contribution in [0.4, 0.5) is 11.4 Å². The molecular weight excluding hydrogens is 350 g/mol. The van der Waals surface area contributed by atoms with Gasteiger partial charge in [-0.1, -0.05) is 25.1 Å². The predicted octanol–water partition coefficient (Wildman–Crippen LogP) is 5.59. The Morgan fingerprint density at radius 3 is 2.22 bits per heavy atom. The molecule has 0 unspecified atom stereocenters. The summed E-state index contributed by atoms with van der Waals surface area (Å²) in [5.41, 5.74) is 6.07. The van der Waals surface area contributed by atoms with Crippen molar-refractivity contribution >= 4 is 28.7 Å². The standard InChI is InChI=1S/C23H31N3S/c1-16-9-11-26(12-10-16)22-7-5-20(6-8-22)19(4)24-23(27)25-21-14-17(2)13-18(3)15-21/h5-8,13-16,19H,9-12H2,1-4H3,(H2,24,25,27)/t19-/m1/s1. The summed E-state index contributed by atoms with van der Waals surface area (Å²) in [5, 5.41) is 7.35. The van der Waals surface area contributed by atoms with E-state index in [1.165, 1.54) is 35.2 Å². The molecule has 3 rings (SSSR count). The summed E-state index contributed by atoms with van der Waals surface area (Å²) in [5.74, 6) is 0.857. The van der Waals surface area contributed by atoms with Gasteiger partial charge in [0.05, 0.1) is 6.04 Å². The molecule has 4 heteroatoms. The minimum absolute atomic E-state index is 0.159. The highest BCUT2D eigenvalue weighted by atomic mass is 32.1. The van der Waals surface area contributed by atoms with E-state index in [9.17, 15) is 0 Å². The van der Waals surface area contributed by atoms with E-state index in [0.29, 0.717) is 5.11 Å². The van der Waals surface area contributed by atoms with E-state index in [0.717, 1.165) is 24.7 Å². The van der Waals surface area contributed by atoms with E-state index in [2.05, 4.69) is 85.7 Å². The minimum atomic E-state index is 0.159. The summed E-state index contributed by atoms with van der Waals surface area (Å²) in [4.78, 5) is 2.49. The lowest BCUT2D eigenvalue weighted by Gasteiger charge is -2.32. The number of piperidine rings is 1. The molecule has 27 heavy (non-hydrogen) atoms. The third-order valence-electron chi connectivity index (χ3n) is 5.37. The highest BCUT2D eigenvalue weighted by molar-refractivity contribution is 7.80. The van der Waals surface area contributed by atoms with Crippen molar-refractivity contribution in [1.82, 2.24) is 5.32 Å². The fourth-order valence-corrected chi connectivity index (χ4v) is 4.03. The second-order valence-electron chi connectivity index (χ2n) is 7.96. The van der Waals surface area contributed by atoms with E-state index in [1.54, 1.807) is 0 Å². The molecule has 0 bridgehead atoms. The van der Waals surface area contributed by atoms with Crippen LogP contribution in [0.5, 0.6) is 0 Å². The van der Waals surface area contributed by atoms with Crippen molar-refractivity contribution in [2.24, 2.45) is 5.92 Å². The maximum Gasteiger partial charge on any atom is 0.171 e. The van der Waals surface area contributed by atoms with E-state index >= 15 is 0 Å². The predicted molar refractivity (Wildman–Crippen MR) is 121 cm³/mol. The van der Waals surface area contributed by atoms with E-state index in [4.69, 9.17) is 12.2 Å². The Kier molecular flexibility index (Phi) is 6.38. The number of hydrogen-bond donors (Lipinski definition) is 2. The van der Waals surface area contributed by atoms with Gasteiger partial charge in [-0.2, -0.15) is 0 Å². The van der Waals surface area contributed by atoms with Crippen LogP contribution in [-0.4, -0.2) is 18.2 Å². The average Bonchev–Trinajstić information content (AvgIpc) is 2.61. The number of benzene rings is 2. The van der Waals surface area contributed by atoms with Crippen molar-refractivity contribution in [2.75, 3.05) is 23.3 Å². The van der Waals surface area contributed by atoms with E-state index in [-0.39, 0.29) is 6.04 Å². The van der Waals surface area contributed by atoms with Crippen molar-refractivity contribution in [2.45, 2.75) is 46.6 Å². The van der Waals surface area contributed by atoms with Gasteiger partial charge in [-0.25, -0.2) is 0 Å². The Labute approximate surface area is 169 Å². The minimum Gasteiger partial charge on any atom is -0.372 e. The number of rotatable bonds is 4. The molecule has 0 aromatic heterocycles. The van der Waals surface area contributed by atoms with Gasteiger partial charge < -0.3 is 15.5 Å². The molecule has 0 saturated carbocycles. The molecule has 2 aromatic rings. The van der Waals surface area contributed by atoms with Gasteiger partial charge in [-0.3, -0.25) is 0 Å². The molecule has 1 aliphatic heterocycles. The Balaban J connectivity index is 1.57. The number of hydrogen-bond acceptors (Lipinski definition) is 2. The van der Waals surface area contributed by atoms with Gasteiger partial charge in [0.1, 0.15) is 0 Å². The van der Waals surface area contributed by atoms with Crippen LogP contribution in [0.2, 0.25) is 0 Å². The smallest absolute Gasteiger partial charge is 0.171 e. The first-order valence-electron chi connectivity index (χ1n) is 9.91. The van der Waals surface area contributed by atoms with Crippen LogP contribution in [0.3, 0.4) is 0 Å². The molecule has 2 N–H and O–H groups in total. The van der Waals surface area contributed by atoms with Gasteiger partial charge in [-0.15, -0.1) is 0 Å². The van der Waals surface area contributed by atoms with Crippen molar-refractivity contribution < 1.29 is 0 Å². The fourth-order valence-electron chi connectivity index (χ4n) is 3.73. The van der Waals surface area contributed by atoms with Gasteiger partial charge in [0.15, 0.2) is 5.11 Å². The summed E-state index contributed by atoms with van der Waals surface area (Å²) in [7, 11) is 0. The van der Waals surface area contributed by atoms with Crippen LogP contribution >= 0.6 is 12.2 Å². The lowest BCUT2D eigenvalue weighted by molar-refractivity contribution is 0.438. The van der Waals surface area contributed by atoms with Crippen molar-refractivity contribution in [3.63, 3.8) is 0 Å². The molecule has 0 aliphatic carbocycles. The van der Waals surface area contributed by atoms with Gasteiger partial charge in [0.25, 0.3) is 0 Å². The number of nitrogens with one attached hydrogen (secondary N) is 2. The first-order valence-corrected chi connectivity index (χ1v) is 10.3. The fraction of sp³-hybridized carbons (Fsp3) is 0.435. The van der Waals surface area contributed by atoms with E-state index in [1.807, 2.05) is 0 Å². The van der Waals surface area contributed by atoms with Crippen LogP contribution in [0.1, 0.15) is 49.4 Å². The third kappa shape index (κ3) is 5.46. The number of thiocarbonyl (C=S) groups is 1. The molecule has 1 atom stereocenters. The summed E-state index contributed by atoms with van der Waals surface area (Å²) in [6.45, 7) is 11.0. The van der Waals surface area contributed by atoms with Gasteiger partial charge >= 0.3 is 0 Å². The average molecular weight is 382 g/mol. The molecule has 144 valence electrons. The largest absolute Gasteiger partial charge is 0.372 e. The molecule has 1 saturated heterocycles. The third-order valence-corrected chi connectivity index (χ3v) is 5.59. The summed E-state index contributed by atoms with van der Waals surface area (Å²) < 4.78 is 0. The van der Waals surface area contributed by atoms with Gasteiger partial charge in [0.2, 0.25) is 0 Å². The lowest BCUT2D eigenvalue weighted by atomic mass is 9.98. The van der Waals surface area contributed by atoms with Crippen LogP contribution in [0.15, 0.2) is 42.5 Å². The summed E-state index contributed by atoms with van der Waals surface area (Å²) in [6.07, 6.45) is 2.58. The quantitative estimate of drug-likeness (QED) is 0.675. The van der Waals surface area contributed by atoms with E-state index < -0.39 is 0 Å². The second kappa shape index (κ2) is 8.75. The van der Waals surface area contributed by atoms with Crippen LogP contribution < -0.4 is 15.5 Å². The first-order chi connectivity index (χ1) is 12.9. The number of anilines is 2. The Hall–Kier alpha value is -2.07. The van der Waals surface area contributed by atoms with Crippen LogP contribution in [0.25, 0.3) is 0 Å². The van der Waals surface area contributed by atoms with Crippen molar-refractivity contribution in [3.8, 4) is 0 Å². The molecule has 0 amide bonds. The molecule has 3 nitrogen and oxygen atoms in total. The molecule has 1 fully saturated rings. The van der Waals surface area contributed by atoms with Gasteiger partial charge in [0, 0.05) is 24.5 Å². The first kappa shape index (κ1) is 19.7. The monoisotopic (exact) mass is 381 g/mol. The number of aryl methyl sites for hydroxylation is 2. The zero-order valence-corrected chi connectivity index (χ0v) is 17.7. The molecule has 0 spiro atoms. The number of nitrogens with zero attached hydrogens (tertiary/aromatic N) is 1. The maximum absolute atomic E-state index is 5.51. The normalized spacial score (nSPS) is 16.1. The topological polar surface area (TPSA) is 27.3 Å². The van der Waals surface area contributed by atoms with Crippen molar-refractivity contribution in [3.05, 3.63) is 59.2 Å².